The van der Waals surface area contributed by atoms with Crippen LogP contribution in [0, 0.1) is 13.8 Å². The Morgan fingerprint density at radius 2 is 1.61 bits per heavy atom. The summed E-state index contributed by atoms with van der Waals surface area (Å²) in [5.41, 5.74) is 4.37. The summed E-state index contributed by atoms with van der Waals surface area (Å²) >= 11 is 0. The smallest absolute Gasteiger partial charge is 0.264 e. The lowest BCUT2D eigenvalue weighted by Gasteiger charge is -2.26. The fourth-order valence-electron chi connectivity index (χ4n) is 4.17. The van der Waals surface area contributed by atoms with Gasteiger partial charge in [-0.25, -0.2) is 8.42 Å². The molecule has 1 N–H and O–H groups in total. The first kappa shape index (κ1) is 25.9. The van der Waals surface area contributed by atoms with E-state index in [2.05, 4.69) is 22.3 Å². The molecule has 0 unspecified atom stereocenters. The molecule has 0 aromatic heterocycles. The van der Waals surface area contributed by atoms with Gasteiger partial charge in [0.25, 0.3) is 10.0 Å². The maximum absolute atomic E-state index is 13.5. The van der Waals surface area contributed by atoms with E-state index in [9.17, 15) is 13.2 Å². The van der Waals surface area contributed by atoms with Crippen LogP contribution in [0.15, 0.2) is 77.7 Å². The number of morpholine rings is 1. The van der Waals surface area contributed by atoms with Crippen LogP contribution in [0.1, 0.15) is 22.3 Å². The predicted molar refractivity (Wildman–Crippen MR) is 141 cm³/mol. The number of rotatable bonds is 9. The highest BCUT2D eigenvalue weighted by Crippen LogP contribution is 2.27. The van der Waals surface area contributed by atoms with E-state index in [1.165, 1.54) is 9.87 Å². The minimum absolute atomic E-state index is 0.148. The standard InChI is InChI=1S/C28H33N3O4S/c1-22-8-9-23(2)27(18-22)31(36(33,34)26-6-4-3-5-7-26)21-28(32)29-19-24-10-12-25(13-11-24)20-30-14-16-35-17-15-30/h3-13,18H,14-17,19-21H2,1-2H3,(H,29,32). The van der Waals surface area contributed by atoms with Crippen molar-refractivity contribution in [1.82, 2.24) is 10.2 Å². The Morgan fingerprint density at radius 1 is 0.944 bits per heavy atom. The fourth-order valence-corrected chi connectivity index (χ4v) is 5.67. The number of carbonyl (C=O) groups excluding carboxylic acids is 1. The number of nitrogens with zero attached hydrogens (tertiary/aromatic N) is 2. The van der Waals surface area contributed by atoms with Gasteiger partial charge in [-0.15, -0.1) is 0 Å². The number of amides is 1. The number of nitrogens with one attached hydrogen (secondary N) is 1. The van der Waals surface area contributed by atoms with Gasteiger partial charge in [-0.1, -0.05) is 54.6 Å². The lowest BCUT2D eigenvalue weighted by Crippen LogP contribution is -2.41. The molecule has 0 spiro atoms. The van der Waals surface area contributed by atoms with Crippen molar-refractivity contribution in [2.45, 2.75) is 31.8 Å². The van der Waals surface area contributed by atoms with Crippen molar-refractivity contribution >= 4 is 21.6 Å². The zero-order valence-corrected chi connectivity index (χ0v) is 21.6. The average Bonchev–Trinajstić information content (AvgIpc) is 2.89. The summed E-state index contributed by atoms with van der Waals surface area (Å²) < 4.78 is 33.7. The summed E-state index contributed by atoms with van der Waals surface area (Å²) in [6, 6.07) is 21.9. The molecule has 7 nitrogen and oxygen atoms in total. The van der Waals surface area contributed by atoms with Crippen LogP contribution < -0.4 is 9.62 Å². The van der Waals surface area contributed by atoms with E-state index in [-0.39, 0.29) is 17.3 Å². The molecule has 190 valence electrons. The van der Waals surface area contributed by atoms with Gasteiger partial charge in [-0.3, -0.25) is 14.0 Å². The molecule has 0 bridgehead atoms. The van der Waals surface area contributed by atoms with E-state index >= 15 is 0 Å². The van der Waals surface area contributed by atoms with Crippen LogP contribution in [0.3, 0.4) is 0 Å². The van der Waals surface area contributed by atoms with Crippen molar-refractivity contribution in [1.29, 1.82) is 0 Å². The van der Waals surface area contributed by atoms with E-state index < -0.39 is 10.0 Å². The van der Waals surface area contributed by atoms with E-state index in [1.54, 1.807) is 36.4 Å². The van der Waals surface area contributed by atoms with Gasteiger partial charge in [-0.05, 0) is 54.3 Å². The van der Waals surface area contributed by atoms with E-state index in [4.69, 9.17) is 4.74 Å². The molecule has 1 heterocycles. The lowest BCUT2D eigenvalue weighted by atomic mass is 10.1. The Hall–Kier alpha value is -3.20. The summed E-state index contributed by atoms with van der Waals surface area (Å²) in [7, 11) is -3.93. The molecule has 0 radical (unpaired) electrons. The third-order valence-corrected chi connectivity index (χ3v) is 8.05. The second-order valence-corrected chi connectivity index (χ2v) is 11.0. The van der Waals surface area contributed by atoms with Crippen molar-refractivity contribution in [3.8, 4) is 0 Å². The topological polar surface area (TPSA) is 79.0 Å². The van der Waals surface area contributed by atoms with Crippen LogP contribution in [0.2, 0.25) is 0 Å². The monoisotopic (exact) mass is 507 g/mol. The molecule has 0 atom stereocenters. The number of hydrogen-bond acceptors (Lipinski definition) is 5. The van der Waals surface area contributed by atoms with Crippen LogP contribution in [-0.4, -0.2) is 52.1 Å². The summed E-state index contributed by atoms with van der Waals surface area (Å²) in [5, 5.41) is 2.89. The Bertz CT molecular complexity index is 1270. The van der Waals surface area contributed by atoms with Gasteiger partial charge in [0, 0.05) is 26.2 Å². The lowest BCUT2D eigenvalue weighted by molar-refractivity contribution is -0.119. The van der Waals surface area contributed by atoms with Gasteiger partial charge >= 0.3 is 0 Å². The second kappa shape index (κ2) is 11.7. The molecule has 3 aromatic carbocycles. The van der Waals surface area contributed by atoms with Crippen LogP contribution in [0.25, 0.3) is 0 Å². The fraction of sp³-hybridized carbons (Fsp3) is 0.321. The molecule has 0 aliphatic carbocycles. The first-order valence-corrected chi connectivity index (χ1v) is 13.6. The van der Waals surface area contributed by atoms with Crippen LogP contribution >= 0.6 is 0 Å². The van der Waals surface area contributed by atoms with E-state index in [0.29, 0.717) is 12.2 Å². The third-order valence-electron chi connectivity index (χ3n) is 6.27. The third kappa shape index (κ3) is 6.51. The number of ether oxygens (including phenoxy) is 1. The van der Waals surface area contributed by atoms with Crippen molar-refractivity contribution in [3.63, 3.8) is 0 Å². The number of sulfonamides is 1. The van der Waals surface area contributed by atoms with Gasteiger partial charge in [0.15, 0.2) is 0 Å². The van der Waals surface area contributed by atoms with Gasteiger partial charge in [-0.2, -0.15) is 0 Å². The van der Waals surface area contributed by atoms with E-state index in [0.717, 1.165) is 49.5 Å². The average molecular weight is 508 g/mol. The molecular formula is C28H33N3O4S. The Morgan fingerprint density at radius 3 is 2.31 bits per heavy atom. The highest BCUT2D eigenvalue weighted by atomic mass is 32.2. The molecule has 1 saturated heterocycles. The first-order chi connectivity index (χ1) is 17.3. The molecule has 8 heteroatoms. The van der Waals surface area contributed by atoms with Gasteiger partial charge in [0.1, 0.15) is 6.54 Å². The Labute approximate surface area is 213 Å². The number of hydrogen-bond donors (Lipinski definition) is 1. The quantitative estimate of drug-likeness (QED) is 0.478. The summed E-state index contributed by atoms with van der Waals surface area (Å²) in [6.45, 7) is 8.03. The Balaban J connectivity index is 1.45. The SMILES string of the molecule is Cc1ccc(C)c(N(CC(=O)NCc2ccc(CN3CCOCC3)cc2)S(=O)(=O)c2ccccc2)c1. The zero-order valence-electron chi connectivity index (χ0n) is 20.8. The molecule has 3 aromatic rings. The number of anilines is 1. The van der Waals surface area contributed by atoms with Crippen molar-refractivity contribution < 1.29 is 17.9 Å². The van der Waals surface area contributed by atoms with Gasteiger partial charge in [0.2, 0.25) is 5.91 Å². The van der Waals surface area contributed by atoms with Crippen molar-refractivity contribution in [2.75, 3.05) is 37.2 Å². The van der Waals surface area contributed by atoms with Crippen LogP contribution in [0.5, 0.6) is 0 Å². The molecule has 1 aliphatic heterocycles. The molecular weight excluding hydrogens is 474 g/mol. The molecule has 36 heavy (non-hydrogen) atoms. The molecule has 4 rings (SSSR count). The Kier molecular flexibility index (Phi) is 8.40. The van der Waals surface area contributed by atoms with Crippen molar-refractivity contribution in [3.05, 3.63) is 95.1 Å². The van der Waals surface area contributed by atoms with Crippen LogP contribution in [-0.2, 0) is 32.6 Å². The first-order valence-electron chi connectivity index (χ1n) is 12.1. The van der Waals surface area contributed by atoms with Crippen LogP contribution in [0.4, 0.5) is 5.69 Å². The zero-order chi connectivity index (χ0) is 25.5. The molecule has 1 aliphatic rings. The van der Waals surface area contributed by atoms with Gasteiger partial charge in [0.05, 0.1) is 23.8 Å². The summed E-state index contributed by atoms with van der Waals surface area (Å²) in [6.07, 6.45) is 0. The highest BCUT2D eigenvalue weighted by molar-refractivity contribution is 7.92. The number of benzene rings is 3. The maximum atomic E-state index is 13.5. The summed E-state index contributed by atoms with van der Waals surface area (Å²) in [4.78, 5) is 15.5. The van der Waals surface area contributed by atoms with Gasteiger partial charge < -0.3 is 10.1 Å². The minimum Gasteiger partial charge on any atom is -0.379 e. The largest absolute Gasteiger partial charge is 0.379 e. The highest BCUT2D eigenvalue weighted by Gasteiger charge is 2.28. The number of carbonyl (C=O) groups is 1. The maximum Gasteiger partial charge on any atom is 0.264 e. The second-order valence-electron chi connectivity index (χ2n) is 9.10. The molecule has 0 saturated carbocycles. The molecule has 1 fully saturated rings. The minimum atomic E-state index is -3.93. The number of aryl methyl sites for hydroxylation is 2. The van der Waals surface area contributed by atoms with Crippen molar-refractivity contribution in [2.24, 2.45) is 0 Å². The normalized spacial score (nSPS) is 14.4. The summed E-state index contributed by atoms with van der Waals surface area (Å²) in [5.74, 6) is -0.368. The van der Waals surface area contributed by atoms with E-state index in [1.807, 2.05) is 38.1 Å². The molecule has 1 amide bonds. The predicted octanol–water partition coefficient (Wildman–Crippen LogP) is 3.65.